The molecule has 0 aromatic carbocycles. The van der Waals surface area contributed by atoms with Gasteiger partial charge in [0, 0.05) is 17.2 Å². The van der Waals surface area contributed by atoms with Crippen LogP contribution in [0.2, 0.25) is 0 Å². The Hall–Kier alpha value is -2.44. The smallest absolute Gasteiger partial charge is 0.268 e. The number of nitrogens with zero attached hydrogens (tertiary/aromatic N) is 2. The highest BCUT2D eigenvalue weighted by Crippen LogP contribution is 2.38. The van der Waals surface area contributed by atoms with E-state index in [1.54, 1.807) is 13.8 Å². The van der Waals surface area contributed by atoms with Crippen molar-refractivity contribution in [2.75, 3.05) is 0 Å². The van der Waals surface area contributed by atoms with Crippen LogP contribution in [-0.4, -0.2) is 26.8 Å². The Bertz CT molecular complexity index is 814. The molecule has 3 rings (SSSR count). The van der Waals surface area contributed by atoms with Gasteiger partial charge in [-0.1, -0.05) is 19.0 Å². The highest BCUT2D eigenvalue weighted by atomic mass is 16.5. The molecule has 25 heavy (non-hydrogen) atoms. The van der Waals surface area contributed by atoms with E-state index in [1.807, 2.05) is 13.8 Å². The first kappa shape index (κ1) is 17.4. The second kappa shape index (κ2) is 6.46. The van der Waals surface area contributed by atoms with Crippen LogP contribution in [0.4, 0.5) is 0 Å². The number of nitrogens with one attached hydrogen (secondary N) is 2. The van der Waals surface area contributed by atoms with E-state index in [0.717, 1.165) is 18.7 Å². The molecule has 1 aliphatic carbocycles. The van der Waals surface area contributed by atoms with Crippen molar-refractivity contribution < 1.29 is 14.1 Å². The molecule has 2 heterocycles. The highest BCUT2D eigenvalue weighted by molar-refractivity contribution is 6.02. The molecular weight excluding hydrogens is 320 g/mol. The van der Waals surface area contributed by atoms with E-state index in [4.69, 9.17) is 4.52 Å². The third kappa shape index (κ3) is 3.36. The zero-order valence-electron chi connectivity index (χ0n) is 15.3. The summed E-state index contributed by atoms with van der Waals surface area (Å²) in [5, 5.41) is 6.99. The molecule has 1 fully saturated rings. The van der Waals surface area contributed by atoms with Gasteiger partial charge in [-0.25, -0.2) is 0 Å². The zero-order chi connectivity index (χ0) is 18.3. The standard InChI is InChI=1S/C18H24N4O3/c1-8(2)14(18-21-16(22-25-18)12-6-7-12)20-17(24)15-9(3)13(11(5)23)10(4)19-15/h8,12,14,19H,6-7H2,1-5H3,(H,20,24). The van der Waals surface area contributed by atoms with Crippen molar-refractivity contribution in [2.45, 2.75) is 59.4 Å². The van der Waals surface area contributed by atoms with Crippen molar-refractivity contribution in [1.29, 1.82) is 0 Å². The third-order valence-electron chi connectivity index (χ3n) is 4.64. The van der Waals surface area contributed by atoms with Crippen molar-refractivity contribution in [2.24, 2.45) is 5.92 Å². The molecule has 2 aromatic heterocycles. The zero-order valence-corrected chi connectivity index (χ0v) is 15.3. The predicted molar refractivity (Wildman–Crippen MR) is 91.6 cm³/mol. The maximum atomic E-state index is 12.8. The van der Waals surface area contributed by atoms with E-state index < -0.39 is 0 Å². The SMILES string of the molecule is CC(=O)c1c(C)[nH]c(C(=O)NC(c2nc(C3CC3)no2)C(C)C)c1C. The van der Waals surface area contributed by atoms with Gasteiger partial charge in [-0.2, -0.15) is 4.98 Å². The van der Waals surface area contributed by atoms with Crippen LogP contribution in [0.15, 0.2) is 4.52 Å². The summed E-state index contributed by atoms with van der Waals surface area (Å²) in [5.74, 6) is 1.29. The molecule has 1 aliphatic rings. The molecule has 2 N–H and O–H groups in total. The van der Waals surface area contributed by atoms with Gasteiger partial charge in [-0.15, -0.1) is 0 Å². The number of hydrogen-bond donors (Lipinski definition) is 2. The number of amides is 1. The van der Waals surface area contributed by atoms with Gasteiger partial charge in [-0.3, -0.25) is 9.59 Å². The van der Waals surface area contributed by atoms with Crippen LogP contribution in [0.25, 0.3) is 0 Å². The highest BCUT2D eigenvalue weighted by Gasteiger charge is 2.32. The first-order chi connectivity index (χ1) is 11.8. The maximum absolute atomic E-state index is 12.8. The largest absolute Gasteiger partial charge is 0.354 e. The van der Waals surface area contributed by atoms with Gasteiger partial charge in [0.1, 0.15) is 11.7 Å². The molecule has 0 bridgehead atoms. The normalized spacial score (nSPS) is 15.4. The number of hydrogen-bond acceptors (Lipinski definition) is 5. The fourth-order valence-electron chi connectivity index (χ4n) is 3.11. The van der Waals surface area contributed by atoms with Crippen LogP contribution in [0, 0.1) is 19.8 Å². The molecule has 7 nitrogen and oxygen atoms in total. The Morgan fingerprint density at radius 1 is 1.28 bits per heavy atom. The van der Waals surface area contributed by atoms with Crippen molar-refractivity contribution in [3.05, 3.63) is 34.2 Å². The molecule has 0 spiro atoms. The van der Waals surface area contributed by atoms with E-state index in [-0.39, 0.29) is 23.7 Å². The van der Waals surface area contributed by atoms with Crippen LogP contribution in [0.5, 0.6) is 0 Å². The average molecular weight is 344 g/mol. The number of ketones is 1. The summed E-state index contributed by atoms with van der Waals surface area (Å²) in [6, 6.07) is -0.378. The number of aryl methyl sites for hydroxylation is 1. The van der Waals surface area contributed by atoms with Crippen molar-refractivity contribution >= 4 is 11.7 Å². The van der Waals surface area contributed by atoms with Crippen LogP contribution in [-0.2, 0) is 0 Å². The fourth-order valence-corrected chi connectivity index (χ4v) is 3.11. The van der Waals surface area contributed by atoms with E-state index in [2.05, 4.69) is 20.4 Å². The van der Waals surface area contributed by atoms with Crippen molar-refractivity contribution in [3.63, 3.8) is 0 Å². The predicted octanol–water partition coefficient (Wildman–Crippen LogP) is 3.22. The van der Waals surface area contributed by atoms with E-state index in [0.29, 0.717) is 34.3 Å². The number of aromatic amines is 1. The molecule has 134 valence electrons. The summed E-state index contributed by atoms with van der Waals surface area (Å²) in [7, 11) is 0. The van der Waals surface area contributed by atoms with Gasteiger partial charge in [0.15, 0.2) is 11.6 Å². The van der Waals surface area contributed by atoms with Crippen LogP contribution in [0.1, 0.15) is 89.4 Å². The number of rotatable bonds is 6. The average Bonchev–Trinajstić information content (AvgIpc) is 3.18. The quantitative estimate of drug-likeness (QED) is 0.784. The van der Waals surface area contributed by atoms with Crippen LogP contribution in [0.3, 0.4) is 0 Å². The summed E-state index contributed by atoms with van der Waals surface area (Å²) in [4.78, 5) is 32.0. The molecule has 1 saturated carbocycles. The molecule has 2 aromatic rings. The molecule has 0 saturated heterocycles. The minimum Gasteiger partial charge on any atom is -0.354 e. The van der Waals surface area contributed by atoms with E-state index >= 15 is 0 Å². The Morgan fingerprint density at radius 2 is 1.96 bits per heavy atom. The second-order valence-electron chi connectivity index (χ2n) is 7.14. The monoisotopic (exact) mass is 344 g/mol. The summed E-state index contributed by atoms with van der Waals surface area (Å²) in [6.45, 7) is 9.04. The Morgan fingerprint density at radius 3 is 2.48 bits per heavy atom. The molecule has 1 amide bonds. The van der Waals surface area contributed by atoms with Crippen LogP contribution < -0.4 is 5.32 Å². The lowest BCUT2D eigenvalue weighted by molar-refractivity contribution is 0.0908. The topological polar surface area (TPSA) is 101 Å². The van der Waals surface area contributed by atoms with Gasteiger partial charge in [0.2, 0.25) is 5.89 Å². The Labute approximate surface area is 146 Å². The molecule has 1 atom stereocenters. The number of Topliss-reactive ketones (excluding diaryl/α,β-unsaturated/α-hetero) is 1. The molecule has 0 aliphatic heterocycles. The number of carbonyl (C=O) groups is 2. The van der Waals surface area contributed by atoms with Crippen molar-refractivity contribution in [3.8, 4) is 0 Å². The first-order valence-corrected chi connectivity index (χ1v) is 8.64. The maximum Gasteiger partial charge on any atom is 0.268 e. The van der Waals surface area contributed by atoms with E-state index in [1.165, 1.54) is 6.92 Å². The summed E-state index contributed by atoms with van der Waals surface area (Å²) < 4.78 is 5.38. The lowest BCUT2D eigenvalue weighted by Gasteiger charge is -2.18. The summed E-state index contributed by atoms with van der Waals surface area (Å²) >= 11 is 0. The third-order valence-corrected chi connectivity index (χ3v) is 4.64. The molecular formula is C18H24N4O3. The molecule has 1 unspecified atom stereocenters. The van der Waals surface area contributed by atoms with Gasteiger partial charge >= 0.3 is 0 Å². The second-order valence-corrected chi connectivity index (χ2v) is 7.14. The lowest BCUT2D eigenvalue weighted by Crippen LogP contribution is -2.32. The van der Waals surface area contributed by atoms with Gasteiger partial charge in [-0.05, 0) is 45.1 Å². The van der Waals surface area contributed by atoms with Gasteiger partial charge in [0.05, 0.1) is 0 Å². The number of aromatic nitrogens is 3. The van der Waals surface area contributed by atoms with Crippen LogP contribution >= 0.6 is 0 Å². The Kier molecular flexibility index (Phi) is 4.49. The number of carbonyl (C=O) groups excluding carboxylic acids is 2. The van der Waals surface area contributed by atoms with Gasteiger partial charge in [0.25, 0.3) is 5.91 Å². The van der Waals surface area contributed by atoms with Crippen molar-refractivity contribution in [1.82, 2.24) is 20.4 Å². The Balaban J connectivity index is 1.83. The van der Waals surface area contributed by atoms with Gasteiger partial charge < -0.3 is 14.8 Å². The number of H-pyrrole nitrogens is 1. The molecule has 0 radical (unpaired) electrons. The summed E-state index contributed by atoms with van der Waals surface area (Å²) in [5.41, 5.74) is 2.33. The lowest BCUT2D eigenvalue weighted by atomic mass is 10.0. The van der Waals surface area contributed by atoms with E-state index in [9.17, 15) is 9.59 Å². The molecule has 7 heteroatoms. The first-order valence-electron chi connectivity index (χ1n) is 8.64. The summed E-state index contributed by atoms with van der Waals surface area (Å²) in [6.07, 6.45) is 2.18. The minimum atomic E-state index is -0.378. The minimum absolute atomic E-state index is 0.0586. The fraction of sp³-hybridized carbons (Fsp3) is 0.556.